The van der Waals surface area contributed by atoms with Crippen LogP contribution < -0.4 is 0 Å². The van der Waals surface area contributed by atoms with Crippen LogP contribution >= 0.6 is 0 Å². The summed E-state index contributed by atoms with van der Waals surface area (Å²) in [4.78, 5) is 25.0. The van der Waals surface area contributed by atoms with E-state index in [1.165, 1.54) is 18.2 Å². The predicted octanol–water partition coefficient (Wildman–Crippen LogP) is 2.22. The van der Waals surface area contributed by atoms with Gasteiger partial charge in [0.1, 0.15) is 5.75 Å². The van der Waals surface area contributed by atoms with Crippen LogP contribution in [0.2, 0.25) is 0 Å². The van der Waals surface area contributed by atoms with Gasteiger partial charge in [-0.15, -0.1) is 0 Å². The standard InChI is InChI=1S/C17H14O4/c1-2-10-6-5-9-13(14(10)18)17(21)15(19)11-7-3-4-8-12(11)16(17)20/h3-9,18,21H,2H2,1H3. The van der Waals surface area contributed by atoms with E-state index in [1.807, 2.05) is 6.92 Å². The number of para-hydroxylation sites is 1. The van der Waals surface area contributed by atoms with Gasteiger partial charge in [-0.3, -0.25) is 9.59 Å². The summed E-state index contributed by atoms with van der Waals surface area (Å²) in [5.41, 5.74) is -1.43. The van der Waals surface area contributed by atoms with Crippen LogP contribution in [0.25, 0.3) is 0 Å². The molecule has 0 spiro atoms. The first-order chi connectivity index (χ1) is 10.0. The molecule has 2 N–H and O–H groups in total. The van der Waals surface area contributed by atoms with E-state index >= 15 is 0 Å². The first kappa shape index (κ1) is 13.5. The fourth-order valence-electron chi connectivity index (χ4n) is 2.79. The maximum absolute atomic E-state index is 12.5. The van der Waals surface area contributed by atoms with Gasteiger partial charge in [0.2, 0.25) is 17.2 Å². The predicted molar refractivity (Wildman–Crippen MR) is 76.5 cm³/mol. The summed E-state index contributed by atoms with van der Waals surface area (Å²) in [7, 11) is 0. The molecule has 1 aliphatic carbocycles. The molecule has 0 saturated heterocycles. The molecule has 2 aromatic rings. The second-order valence-corrected chi connectivity index (χ2v) is 5.08. The maximum Gasteiger partial charge on any atom is 0.220 e. The van der Waals surface area contributed by atoms with Crippen molar-refractivity contribution in [3.63, 3.8) is 0 Å². The largest absolute Gasteiger partial charge is 0.507 e. The van der Waals surface area contributed by atoms with E-state index in [-0.39, 0.29) is 22.4 Å². The molecule has 4 heteroatoms. The number of phenols is 1. The first-order valence-electron chi connectivity index (χ1n) is 6.74. The lowest BCUT2D eigenvalue weighted by atomic mass is 9.86. The number of aliphatic hydroxyl groups is 1. The number of fused-ring (bicyclic) bond motifs is 1. The van der Waals surface area contributed by atoms with Crippen LogP contribution in [0, 0.1) is 0 Å². The number of Topliss-reactive ketones (excluding diaryl/α,β-unsaturated/α-hetero) is 2. The summed E-state index contributed by atoms with van der Waals surface area (Å²) >= 11 is 0. The fraction of sp³-hybridized carbons (Fsp3) is 0.176. The second-order valence-electron chi connectivity index (χ2n) is 5.08. The Labute approximate surface area is 121 Å². The molecule has 0 radical (unpaired) electrons. The van der Waals surface area contributed by atoms with Crippen molar-refractivity contribution in [3.8, 4) is 5.75 Å². The van der Waals surface area contributed by atoms with Gasteiger partial charge in [-0.05, 0) is 12.0 Å². The van der Waals surface area contributed by atoms with Gasteiger partial charge in [-0.25, -0.2) is 0 Å². The molecule has 0 unspecified atom stereocenters. The number of ketones is 2. The molecule has 0 atom stereocenters. The molecule has 2 aromatic carbocycles. The van der Waals surface area contributed by atoms with Crippen molar-refractivity contribution in [1.82, 2.24) is 0 Å². The number of carbonyl (C=O) groups is 2. The van der Waals surface area contributed by atoms with E-state index in [1.54, 1.807) is 24.3 Å². The molecule has 0 fully saturated rings. The zero-order valence-corrected chi connectivity index (χ0v) is 11.5. The number of aryl methyl sites for hydroxylation is 1. The highest BCUT2D eigenvalue weighted by molar-refractivity contribution is 6.32. The molecule has 4 nitrogen and oxygen atoms in total. The zero-order valence-electron chi connectivity index (χ0n) is 11.5. The SMILES string of the molecule is CCc1cccc(C2(O)C(=O)c3ccccc3C2=O)c1O. The number of hydrogen-bond acceptors (Lipinski definition) is 4. The van der Waals surface area contributed by atoms with Crippen LogP contribution in [-0.4, -0.2) is 21.8 Å². The van der Waals surface area contributed by atoms with E-state index in [2.05, 4.69) is 0 Å². The Hall–Kier alpha value is -2.46. The summed E-state index contributed by atoms with van der Waals surface area (Å²) in [5.74, 6) is -1.57. The number of benzene rings is 2. The van der Waals surface area contributed by atoms with Gasteiger partial charge in [0, 0.05) is 16.7 Å². The smallest absolute Gasteiger partial charge is 0.220 e. The molecular weight excluding hydrogens is 268 g/mol. The van der Waals surface area contributed by atoms with E-state index in [0.717, 1.165) is 0 Å². The van der Waals surface area contributed by atoms with Crippen LogP contribution in [0.5, 0.6) is 5.75 Å². The Kier molecular flexibility index (Phi) is 2.92. The highest BCUT2D eigenvalue weighted by atomic mass is 16.3. The summed E-state index contributed by atoms with van der Waals surface area (Å²) in [6.45, 7) is 1.84. The third-order valence-electron chi connectivity index (χ3n) is 3.96. The monoisotopic (exact) mass is 282 g/mol. The molecule has 0 aromatic heterocycles. The van der Waals surface area contributed by atoms with Gasteiger partial charge in [0.15, 0.2) is 0 Å². The van der Waals surface area contributed by atoms with Crippen molar-refractivity contribution in [2.75, 3.05) is 0 Å². The first-order valence-corrected chi connectivity index (χ1v) is 6.74. The molecule has 0 amide bonds. The third kappa shape index (κ3) is 1.66. The minimum Gasteiger partial charge on any atom is -0.507 e. The molecule has 0 aliphatic heterocycles. The average molecular weight is 282 g/mol. The Morgan fingerprint density at radius 1 is 0.952 bits per heavy atom. The zero-order chi connectivity index (χ0) is 15.2. The summed E-state index contributed by atoms with van der Waals surface area (Å²) in [6.07, 6.45) is 0.533. The lowest BCUT2D eigenvalue weighted by Crippen LogP contribution is -2.38. The van der Waals surface area contributed by atoms with Crippen LogP contribution in [0.4, 0.5) is 0 Å². The van der Waals surface area contributed by atoms with Crippen molar-refractivity contribution in [2.45, 2.75) is 18.9 Å². The van der Waals surface area contributed by atoms with Gasteiger partial charge >= 0.3 is 0 Å². The minimum absolute atomic E-state index is 0.0481. The van der Waals surface area contributed by atoms with Crippen LogP contribution in [0.3, 0.4) is 0 Å². The van der Waals surface area contributed by atoms with E-state index in [4.69, 9.17) is 0 Å². The highest BCUT2D eigenvalue weighted by Gasteiger charge is 2.54. The summed E-state index contributed by atoms with van der Waals surface area (Å²) < 4.78 is 0. The lowest BCUT2D eigenvalue weighted by Gasteiger charge is -2.21. The van der Waals surface area contributed by atoms with Gasteiger partial charge in [0.05, 0.1) is 0 Å². The van der Waals surface area contributed by atoms with Crippen molar-refractivity contribution in [3.05, 3.63) is 64.7 Å². The molecule has 106 valence electrons. The average Bonchev–Trinajstić information content (AvgIpc) is 2.71. The van der Waals surface area contributed by atoms with Gasteiger partial charge in [-0.1, -0.05) is 49.4 Å². The van der Waals surface area contributed by atoms with Crippen molar-refractivity contribution in [1.29, 1.82) is 0 Å². The Bertz CT molecular complexity index is 726. The van der Waals surface area contributed by atoms with Crippen LogP contribution in [0.1, 0.15) is 38.8 Å². The number of hydrogen-bond donors (Lipinski definition) is 2. The van der Waals surface area contributed by atoms with E-state index in [9.17, 15) is 19.8 Å². The highest BCUT2D eigenvalue weighted by Crippen LogP contribution is 2.42. The fourth-order valence-corrected chi connectivity index (χ4v) is 2.79. The molecule has 0 bridgehead atoms. The molecule has 1 aliphatic rings. The molecule has 21 heavy (non-hydrogen) atoms. The maximum atomic E-state index is 12.5. The number of rotatable bonds is 2. The van der Waals surface area contributed by atoms with Gasteiger partial charge in [0.25, 0.3) is 0 Å². The molecular formula is C17H14O4. The molecule has 0 saturated carbocycles. The van der Waals surface area contributed by atoms with Crippen LogP contribution in [-0.2, 0) is 12.0 Å². The van der Waals surface area contributed by atoms with Crippen molar-refractivity contribution < 1.29 is 19.8 Å². The van der Waals surface area contributed by atoms with Crippen LogP contribution in [0.15, 0.2) is 42.5 Å². The lowest BCUT2D eigenvalue weighted by molar-refractivity contribution is 0.0312. The minimum atomic E-state index is -2.33. The van der Waals surface area contributed by atoms with E-state index in [0.29, 0.717) is 12.0 Å². The Balaban J connectivity index is 2.24. The number of aromatic hydroxyl groups is 1. The second kappa shape index (κ2) is 4.53. The molecule has 0 heterocycles. The third-order valence-corrected chi connectivity index (χ3v) is 3.96. The van der Waals surface area contributed by atoms with Gasteiger partial charge < -0.3 is 10.2 Å². The number of phenolic OH excluding ortho intramolecular Hbond substituents is 1. The van der Waals surface area contributed by atoms with Crippen molar-refractivity contribution >= 4 is 11.6 Å². The summed E-state index contributed by atoms with van der Waals surface area (Å²) in [6, 6.07) is 11.0. The topological polar surface area (TPSA) is 74.6 Å². The summed E-state index contributed by atoms with van der Waals surface area (Å²) in [5, 5.41) is 21.0. The van der Waals surface area contributed by atoms with E-state index < -0.39 is 17.2 Å². The Morgan fingerprint density at radius 2 is 1.52 bits per heavy atom. The quantitative estimate of drug-likeness (QED) is 0.828. The van der Waals surface area contributed by atoms with Gasteiger partial charge in [-0.2, -0.15) is 0 Å². The van der Waals surface area contributed by atoms with Crippen molar-refractivity contribution in [2.24, 2.45) is 0 Å². The normalized spacial score (nSPS) is 16.1. The Morgan fingerprint density at radius 3 is 2.05 bits per heavy atom. The number of carbonyl (C=O) groups excluding carboxylic acids is 2. The molecule has 3 rings (SSSR count).